The number of ether oxygens (including phenoxy) is 2. The van der Waals surface area contributed by atoms with Gasteiger partial charge in [0.25, 0.3) is 0 Å². The summed E-state index contributed by atoms with van der Waals surface area (Å²) in [6.45, 7) is 3.84. The number of methoxy groups -OCH3 is 1. The molecular weight excluding hydrogens is 230 g/mol. The van der Waals surface area contributed by atoms with Crippen LogP contribution in [-0.4, -0.2) is 38.4 Å². The number of anilines is 2. The number of hydrogen-bond donors (Lipinski definition) is 1. The van der Waals surface area contributed by atoms with E-state index in [1.807, 2.05) is 12.1 Å². The van der Waals surface area contributed by atoms with E-state index in [1.165, 1.54) is 12.8 Å². The first kappa shape index (κ1) is 11.6. The van der Waals surface area contributed by atoms with Crippen molar-refractivity contribution in [3.05, 3.63) is 12.1 Å². The third-order valence-corrected chi connectivity index (χ3v) is 3.85. The van der Waals surface area contributed by atoms with Crippen molar-refractivity contribution in [2.45, 2.75) is 12.8 Å². The summed E-state index contributed by atoms with van der Waals surface area (Å²) in [5.41, 5.74) is 6.71. The molecule has 1 aromatic rings. The van der Waals surface area contributed by atoms with E-state index in [-0.39, 0.29) is 0 Å². The van der Waals surface area contributed by atoms with E-state index >= 15 is 0 Å². The van der Waals surface area contributed by atoms with Crippen LogP contribution in [0.3, 0.4) is 0 Å². The number of nitrogens with two attached hydrogens (primary N) is 1. The fraction of sp³-hybridized carbons (Fsp3) is 0.615. The van der Waals surface area contributed by atoms with Crippen LogP contribution in [0, 0.1) is 5.41 Å². The molecule has 0 bridgehead atoms. The van der Waals surface area contributed by atoms with Crippen molar-refractivity contribution in [3.8, 4) is 5.88 Å². The van der Waals surface area contributed by atoms with Gasteiger partial charge in [0.05, 0.1) is 19.4 Å². The highest BCUT2D eigenvalue weighted by molar-refractivity contribution is 5.55. The number of pyridine rings is 1. The first-order chi connectivity index (χ1) is 8.72. The van der Waals surface area contributed by atoms with Crippen molar-refractivity contribution < 1.29 is 9.47 Å². The maximum atomic E-state index is 5.77. The molecule has 3 rings (SSSR count). The number of nitrogens with zero attached hydrogens (tertiary/aromatic N) is 2. The van der Waals surface area contributed by atoms with Crippen LogP contribution in [0.2, 0.25) is 0 Å². The summed E-state index contributed by atoms with van der Waals surface area (Å²) in [6, 6.07) is 3.80. The van der Waals surface area contributed by atoms with Crippen molar-refractivity contribution in [1.82, 2.24) is 4.98 Å². The highest BCUT2D eigenvalue weighted by atomic mass is 16.5. The fourth-order valence-corrected chi connectivity index (χ4v) is 2.87. The fourth-order valence-electron chi connectivity index (χ4n) is 2.87. The number of rotatable bonds is 2. The van der Waals surface area contributed by atoms with Gasteiger partial charge in [-0.05, 0) is 25.0 Å². The average Bonchev–Trinajstić information content (AvgIpc) is 2.37. The highest BCUT2D eigenvalue weighted by Crippen LogP contribution is 2.40. The molecule has 2 aliphatic rings. The topological polar surface area (TPSA) is 60.6 Å². The van der Waals surface area contributed by atoms with Crippen LogP contribution in [0.5, 0.6) is 5.88 Å². The molecule has 2 fully saturated rings. The van der Waals surface area contributed by atoms with Gasteiger partial charge in [-0.2, -0.15) is 4.98 Å². The molecule has 3 heterocycles. The summed E-state index contributed by atoms with van der Waals surface area (Å²) in [5, 5.41) is 0. The lowest BCUT2D eigenvalue weighted by atomic mass is 9.75. The van der Waals surface area contributed by atoms with Gasteiger partial charge in [-0.25, -0.2) is 0 Å². The molecule has 2 saturated heterocycles. The van der Waals surface area contributed by atoms with E-state index < -0.39 is 0 Å². The Bertz CT molecular complexity index is 436. The number of nitrogen functional groups attached to an aromatic ring is 1. The van der Waals surface area contributed by atoms with E-state index in [2.05, 4.69) is 9.88 Å². The van der Waals surface area contributed by atoms with Crippen LogP contribution in [0.25, 0.3) is 0 Å². The third kappa shape index (κ3) is 1.88. The Morgan fingerprint density at radius 3 is 2.94 bits per heavy atom. The van der Waals surface area contributed by atoms with Crippen molar-refractivity contribution in [3.63, 3.8) is 0 Å². The first-order valence-electron chi connectivity index (χ1n) is 6.36. The molecule has 2 aliphatic heterocycles. The van der Waals surface area contributed by atoms with Gasteiger partial charge in [-0.15, -0.1) is 0 Å². The predicted molar refractivity (Wildman–Crippen MR) is 69.9 cm³/mol. The molecule has 5 nitrogen and oxygen atoms in total. The molecular formula is C13H19N3O2. The zero-order valence-corrected chi connectivity index (χ0v) is 10.7. The van der Waals surface area contributed by atoms with Gasteiger partial charge < -0.3 is 20.1 Å². The molecule has 1 spiro atoms. The Balaban J connectivity index is 1.70. The van der Waals surface area contributed by atoms with Crippen LogP contribution in [0.1, 0.15) is 12.8 Å². The van der Waals surface area contributed by atoms with Crippen molar-refractivity contribution in [2.24, 2.45) is 5.41 Å². The van der Waals surface area contributed by atoms with Gasteiger partial charge in [-0.3, -0.25) is 0 Å². The van der Waals surface area contributed by atoms with Crippen LogP contribution in [0.4, 0.5) is 11.5 Å². The summed E-state index contributed by atoms with van der Waals surface area (Å²) in [6.07, 6.45) is 2.43. The zero-order valence-electron chi connectivity index (χ0n) is 10.7. The standard InChI is InChI=1S/C13H19N3O2/c1-17-12-10(14)3-4-11(15-12)16-7-13(8-16)5-2-6-18-9-13/h3-4H,2,5-9,14H2,1H3. The van der Waals surface area contributed by atoms with Crippen molar-refractivity contribution in [2.75, 3.05) is 44.0 Å². The zero-order chi connectivity index (χ0) is 12.6. The van der Waals surface area contributed by atoms with E-state index in [9.17, 15) is 0 Å². The van der Waals surface area contributed by atoms with E-state index in [0.29, 0.717) is 17.0 Å². The molecule has 98 valence electrons. The van der Waals surface area contributed by atoms with Crippen molar-refractivity contribution >= 4 is 11.5 Å². The maximum Gasteiger partial charge on any atom is 0.238 e. The Morgan fingerprint density at radius 2 is 2.28 bits per heavy atom. The molecule has 5 heteroatoms. The first-order valence-corrected chi connectivity index (χ1v) is 6.36. The second-order valence-electron chi connectivity index (χ2n) is 5.28. The normalized spacial score (nSPS) is 21.7. The second kappa shape index (κ2) is 4.31. The SMILES string of the molecule is COc1nc(N2CC3(CCCOC3)C2)ccc1N. The lowest BCUT2D eigenvalue weighted by molar-refractivity contribution is -0.0237. The van der Waals surface area contributed by atoms with Gasteiger partial charge in [0, 0.05) is 25.1 Å². The smallest absolute Gasteiger partial charge is 0.238 e. The molecule has 0 atom stereocenters. The van der Waals surface area contributed by atoms with Crippen LogP contribution in [0.15, 0.2) is 12.1 Å². The third-order valence-electron chi connectivity index (χ3n) is 3.85. The Morgan fingerprint density at radius 1 is 1.44 bits per heavy atom. The second-order valence-corrected chi connectivity index (χ2v) is 5.28. The van der Waals surface area contributed by atoms with Crippen LogP contribution >= 0.6 is 0 Å². The molecule has 0 amide bonds. The minimum absolute atomic E-state index is 0.356. The van der Waals surface area contributed by atoms with Gasteiger partial charge in [0.15, 0.2) is 0 Å². The number of hydrogen-bond acceptors (Lipinski definition) is 5. The van der Waals surface area contributed by atoms with Crippen molar-refractivity contribution in [1.29, 1.82) is 0 Å². The minimum atomic E-state index is 0.356. The summed E-state index contributed by atoms with van der Waals surface area (Å²) >= 11 is 0. The Hall–Kier alpha value is -1.49. The van der Waals surface area contributed by atoms with E-state index in [4.69, 9.17) is 15.2 Å². The summed E-state index contributed by atoms with van der Waals surface area (Å²) in [5.74, 6) is 1.45. The molecule has 0 unspecified atom stereocenters. The quantitative estimate of drug-likeness (QED) is 0.855. The molecule has 0 aromatic carbocycles. The highest BCUT2D eigenvalue weighted by Gasteiger charge is 2.44. The maximum absolute atomic E-state index is 5.77. The average molecular weight is 249 g/mol. The van der Waals surface area contributed by atoms with Crippen LogP contribution in [-0.2, 0) is 4.74 Å². The predicted octanol–water partition coefficient (Wildman–Crippen LogP) is 1.29. The molecule has 18 heavy (non-hydrogen) atoms. The van der Waals surface area contributed by atoms with E-state index in [0.717, 1.165) is 32.1 Å². The molecule has 0 aliphatic carbocycles. The molecule has 0 radical (unpaired) electrons. The van der Waals surface area contributed by atoms with Gasteiger partial charge in [-0.1, -0.05) is 0 Å². The summed E-state index contributed by atoms with van der Waals surface area (Å²) < 4.78 is 10.7. The Kier molecular flexibility index (Phi) is 2.78. The summed E-state index contributed by atoms with van der Waals surface area (Å²) in [4.78, 5) is 6.69. The largest absolute Gasteiger partial charge is 0.479 e. The van der Waals surface area contributed by atoms with Crippen LogP contribution < -0.4 is 15.4 Å². The molecule has 1 aromatic heterocycles. The number of aromatic nitrogens is 1. The molecule has 2 N–H and O–H groups in total. The van der Waals surface area contributed by atoms with Gasteiger partial charge in [0.1, 0.15) is 5.82 Å². The lowest BCUT2D eigenvalue weighted by Crippen LogP contribution is -2.60. The monoisotopic (exact) mass is 249 g/mol. The summed E-state index contributed by atoms with van der Waals surface area (Å²) in [7, 11) is 1.59. The van der Waals surface area contributed by atoms with E-state index in [1.54, 1.807) is 7.11 Å². The van der Waals surface area contributed by atoms with Gasteiger partial charge >= 0.3 is 0 Å². The Labute approximate surface area is 107 Å². The molecule has 0 saturated carbocycles. The lowest BCUT2D eigenvalue weighted by Gasteiger charge is -2.52. The minimum Gasteiger partial charge on any atom is -0.479 e. The van der Waals surface area contributed by atoms with Gasteiger partial charge in [0.2, 0.25) is 5.88 Å².